The van der Waals surface area contributed by atoms with E-state index in [0.29, 0.717) is 47.0 Å². The Morgan fingerprint density at radius 2 is 1.78 bits per heavy atom. The molecule has 2 N–H and O–H groups in total. The minimum Gasteiger partial charge on any atom is -0.490 e. The van der Waals surface area contributed by atoms with Crippen LogP contribution in [0, 0.1) is 17.2 Å². The van der Waals surface area contributed by atoms with E-state index in [1.165, 1.54) is 0 Å². The summed E-state index contributed by atoms with van der Waals surface area (Å²) in [5.74, 6) is 1.56. The normalized spacial score (nSPS) is 21.2. The number of urea groups is 1. The first kappa shape index (κ1) is 37.4. The number of hydrogen-bond donors (Lipinski definition) is 2. The first-order valence-electron chi connectivity index (χ1n) is 18.5. The smallest absolute Gasteiger partial charge is 0.328 e. The third-order valence-electron chi connectivity index (χ3n) is 11.1. The number of benzene rings is 2. The Morgan fingerprint density at radius 1 is 0.981 bits per heavy atom. The van der Waals surface area contributed by atoms with E-state index in [2.05, 4.69) is 59.6 Å². The molecule has 2 aromatic carbocycles. The predicted molar refractivity (Wildman–Crippen MR) is 207 cm³/mol. The van der Waals surface area contributed by atoms with Crippen molar-refractivity contribution >= 4 is 64.3 Å². The average molecular weight is 773 g/mol. The van der Waals surface area contributed by atoms with Crippen molar-refractivity contribution < 1.29 is 19.1 Å². The maximum Gasteiger partial charge on any atom is 0.328 e. The summed E-state index contributed by atoms with van der Waals surface area (Å²) < 4.78 is 8.43. The molecular formula is C39H43Cl2N9O4. The van der Waals surface area contributed by atoms with Gasteiger partial charge in [-0.05, 0) is 81.0 Å². The number of nitrogens with zero attached hydrogens (tertiary/aromatic N) is 7. The second-order valence-electron chi connectivity index (χ2n) is 14.6. The van der Waals surface area contributed by atoms with Gasteiger partial charge in [-0.25, -0.2) is 4.79 Å². The van der Waals surface area contributed by atoms with Crippen LogP contribution in [-0.4, -0.2) is 88.9 Å². The molecule has 15 heteroatoms. The molecule has 4 amide bonds. The van der Waals surface area contributed by atoms with Gasteiger partial charge in [0.1, 0.15) is 11.8 Å². The molecule has 2 aromatic heterocycles. The first-order chi connectivity index (χ1) is 25.8. The van der Waals surface area contributed by atoms with Crippen molar-refractivity contribution in [3.63, 3.8) is 0 Å². The van der Waals surface area contributed by atoms with Gasteiger partial charge in [0.25, 0.3) is 5.91 Å². The number of anilines is 2. The molecule has 3 saturated heterocycles. The number of fused-ring (bicyclic) bond motifs is 1. The number of carbonyl (C=O) groups excluding carboxylic acids is 3. The van der Waals surface area contributed by atoms with Gasteiger partial charge in [0, 0.05) is 81.3 Å². The quantitative estimate of drug-likeness (QED) is 0.218. The van der Waals surface area contributed by atoms with E-state index >= 15 is 0 Å². The van der Waals surface area contributed by atoms with Crippen LogP contribution in [-0.2, 0) is 4.79 Å². The SMILES string of the molecule is Cl.N#Cc1ccc(OC2CCC(NC(=O)c3ccc(N4CC(CN5CCC(n6ccc7c(N8CCC(=O)NC8=O)cccc76)CC5)C4)nn3)CC2)cc1Cl. The fraction of sp³-hybridized carbons (Fsp3) is 0.436. The molecule has 4 aliphatic rings. The van der Waals surface area contributed by atoms with Gasteiger partial charge in [-0.2, -0.15) is 5.26 Å². The summed E-state index contributed by atoms with van der Waals surface area (Å²) in [6.07, 6.45) is 7.80. The minimum atomic E-state index is -0.359. The molecule has 0 spiro atoms. The van der Waals surface area contributed by atoms with Crippen LogP contribution in [0.5, 0.6) is 5.75 Å². The van der Waals surface area contributed by atoms with Gasteiger partial charge >= 0.3 is 6.03 Å². The van der Waals surface area contributed by atoms with Crippen molar-refractivity contribution in [3.8, 4) is 11.8 Å². The molecule has 0 bridgehead atoms. The van der Waals surface area contributed by atoms with Gasteiger partial charge in [-0.15, -0.1) is 22.6 Å². The summed E-state index contributed by atoms with van der Waals surface area (Å²) in [6, 6.07) is 19.0. The number of imide groups is 1. The highest BCUT2D eigenvalue weighted by atomic mass is 35.5. The number of ether oxygens (including phenoxy) is 1. The number of aromatic nitrogens is 3. The van der Waals surface area contributed by atoms with Gasteiger partial charge in [0.15, 0.2) is 11.5 Å². The molecule has 4 fully saturated rings. The van der Waals surface area contributed by atoms with E-state index in [4.69, 9.17) is 21.6 Å². The highest BCUT2D eigenvalue weighted by Crippen LogP contribution is 2.34. The fourth-order valence-corrected chi connectivity index (χ4v) is 8.40. The number of likely N-dealkylation sites (tertiary alicyclic amines) is 1. The molecule has 8 rings (SSSR count). The summed E-state index contributed by atoms with van der Waals surface area (Å²) in [6.45, 7) is 5.33. The predicted octanol–water partition coefficient (Wildman–Crippen LogP) is 5.72. The maximum absolute atomic E-state index is 13.0. The van der Waals surface area contributed by atoms with E-state index in [-0.39, 0.29) is 42.4 Å². The number of nitrogens with one attached hydrogen (secondary N) is 2. The molecule has 54 heavy (non-hydrogen) atoms. The van der Waals surface area contributed by atoms with Crippen LogP contribution in [0.2, 0.25) is 5.02 Å². The molecule has 3 aliphatic heterocycles. The summed E-state index contributed by atoms with van der Waals surface area (Å²) in [5.41, 5.74) is 2.70. The zero-order chi connectivity index (χ0) is 36.5. The fourth-order valence-electron chi connectivity index (χ4n) is 8.19. The van der Waals surface area contributed by atoms with Crippen molar-refractivity contribution in [2.45, 2.75) is 63.1 Å². The van der Waals surface area contributed by atoms with Gasteiger partial charge in [0.2, 0.25) is 5.91 Å². The third-order valence-corrected chi connectivity index (χ3v) is 11.4. The second kappa shape index (κ2) is 16.2. The number of hydrogen-bond acceptors (Lipinski definition) is 9. The van der Waals surface area contributed by atoms with Crippen LogP contribution >= 0.6 is 24.0 Å². The number of halogens is 2. The lowest BCUT2D eigenvalue weighted by atomic mass is 9.92. The molecule has 1 aliphatic carbocycles. The topological polar surface area (TPSA) is 149 Å². The number of rotatable bonds is 9. The lowest BCUT2D eigenvalue weighted by Gasteiger charge is -2.43. The summed E-state index contributed by atoms with van der Waals surface area (Å²) >= 11 is 6.14. The Bertz CT molecular complexity index is 2050. The van der Waals surface area contributed by atoms with E-state index < -0.39 is 0 Å². The minimum absolute atomic E-state index is 0. The Kier molecular flexibility index (Phi) is 11.2. The van der Waals surface area contributed by atoms with Crippen molar-refractivity contribution in [3.05, 3.63) is 77.1 Å². The van der Waals surface area contributed by atoms with Crippen LogP contribution in [0.3, 0.4) is 0 Å². The number of amides is 4. The van der Waals surface area contributed by atoms with Crippen LogP contribution in [0.25, 0.3) is 10.9 Å². The molecular weight excluding hydrogens is 729 g/mol. The zero-order valence-corrected chi connectivity index (χ0v) is 31.4. The first-order valence-corrected chi connectivity index (χ1v) is 18.9. The van der Waals surface area contributed by atoms with E-state index in [9.17, 15) is 14.4 Å². The lowest BCUT2D eigenvalue weighted by molar-refractivity contribution is -0.120. The summed E-state index contributed by atoms with van der Waals surface area (Å²) in [4.78, 5) is 43.6. The molecule has 5 heterocycles. The Hall–Kier alpha value is -4.90. The van der Waals surface area contributed by atoms with Gasteiger partial charge in [-0.3, -0.25) is 19.8 Å². The van der Waals surface area contributed by atoms with Crippen LogP contribution in [0.15, 0.2) is 60.8 Å². The van der Waals surface area contributed by atoms with Crippen LogP contribution in [0.1, 0.15) is 67.0 Å². The van der Waals surface area contributed by atoms with Crippen LogP contribution < -0.4 is 25.2 Å². The highest BCUT2D eigenvalue weighted by Gasteiger charge is 2.32. The largest absolute Gasteiger partial charge is 0.490 e. The number of carbonyl (C=O) groups is 3. The monoisotopic (exact) mass is 771 g/mol. The Labute approximate surface area is 325 Å². The zero-order valence-electron chi connectivity index (χ0n) is 29.8. The molecule has 4 aromatic rings. The molecule has 282 valence electrons. The molecule has 0 radical (unpaired) electrons. The third kappa shape index (κ3) is 7.97. The van der Waals surface area contributed by atoms with Gasteiger partial charge < -0.3 is 24.4 Å². The second-order valence-corrected chi connectivity index (χ2v) is 15.0. The molecule has 1 saturated carbocycles. The molecule has 0 unspecified atom stereocenters. The Balaban J connectivity index is 0.00000450. The Morgan fingerprint density at radius 3 is 2.48 bits per heavy atom. The maximum atomic E-state index is 13.0. The van der Waals surface area contributed by atoms with E-state index in [1.54, 1.807) is 29.2 Å². The standard InChI is InChI=1S/C39H42ClN9O4.ClH/c40-32-20-30(7-4-26(32)21-41)53-29-8-5-27(6-9-29)42-38(51)33-10-11-36(45-44-33)47-23-25(24-47)22-46-16-12-28(13-17-46)48-18-14-31-34(48)2-1-3-35(31)49-19-15-37(50)43-39(49)52;/h1-4,7,10-11,14,18,20,25,27-29H,5-6,8-9,12-13,15-17,19,22-24H2,(H,42,51)(H,43,50,52);1H. The van der Waals surface area contributed by atoms with Crippen molar-refractivity contribution in [2.24, 2.45) is 5.92 Å². The van der Waals surface area contributed by atoms with Crippen molar-refractivity contribution in [2.75, 3.05) is 49.1 Å². The number of nitriles is 1. The molecule has 0 atom stereocenters. The average Bonchev–Trinajstić information content (AvgIpc) is 3.59. The summed E-state index contributed by atoms with van der Waals surface area (Å²) in [5, 5.41) is 24.7. The van der Waals surface area contributed by atoms with E-state index in [1.807, 2.05) is 18.2 Å². The van der Waals surface area contributed by atoms with E-state index in [0.717, 1.165) is 93.7 Å². The highest BCUT2D eigenvalue weighted by molar-refractivity contribution is 6.31. The van der Waals surface area contributed by atoms with Crippen LogP contribution in [0.4, 0.5) is 16.3 Å². The van der Waals surface area contributed by atoms with Gasteiger partial charge in [0.05, 0.1) is 27.9 Å². The molecule has 13 nitrogen and oxygen atoms in total. The number of piperidine rings is 1. The van der Waals surface area contributed by atoms with Crippen molar-refractivity contribution in [1.82, 2.24) is 30.3 Å². The van der Waals surface area contributed by atoms with Gasteiger partial charge in [-0.1, -0.05) is 17.7 Å². The summed E-state index contributed by atoms with van der Waals surface area (Å²) in [7, 11) is 0. The van der Waals surface area contributed by atoms with Crippen molar-refractivity contribution in [1.29, 1.82) is 5.26 Å². The lowest BCUT2D eigenvalue weighted by Crippen LogP contribution is -2.53.